The molecule has 0 aliphatic carbocycles. The monoisotopic (exact) mass is 417 g/mol. The average Bonchev–Trinajstić information content (AvgIpc) is 3.16. The summed E-state index contributed by atoms with van der Waals surface area (Å²) >= 11 is 6.49. The van der Waals surface area contributed by atoms with Crippen molar-refractivity contribution in [3.8, 4) is 28.2 Å². The van der Waals surface area contributed by atoms with E-state index < -0.39 is 0 Å². The Labute approximate surface area is 182 Å². The zero-order chi connectivity index (χ0) is 21.1. The molecule has 4 heteroatoms. The van der Waals surface area contributed by atoms with Crippen molar-refractivity contribution in [2.75, 3.05) is 0 Å². The number of halogens is 1. The Bertz CT molecular complexity index is 1170. The smallest absolute Gasteiger partial charge is 0.178 e. The van der Waals surface area contributed by atoms with Crippen LogP contribution in [0, 0.1) is 13.8 Å². The molecule has 0 radical (unpaired) electrons. The summed E-state index contributed by atoms with van der Waals surface area (Å²) in [6.45, 7) is 6.54. The highest BCUT2D eigenvalue weighted by Gasteiger charge is 2.21. The molecule has 0 unspecified atom stereocenters. The van der Waals surface area contributed by atoms with Crippen LogP contribution in [0.3, 0.4) is 0 Å². The summed E-state index contributed by atoms with van der Waals surface area (Å²) in [5, 5.41) is 4.93. The summed E-state index contributed by atoms with van der Waals surface area (Å²) in [5.41, 5.74) is 7.00. The number of aryl methyl sites for hydroxylation is 3. The molecule has 0 bridgehead atoms. The fourth-order valence-corrected chi connectivity index (χ4v) is 3.69. The van der Waals surface area contributed by atoms with Gasteiger partial charge in [-0.05, 0) is 54.7 Å². The van der Waals surface area contributed by atoms with Gasteiger partial charge < -0.3 is 9.26 Å². The largest absolute Gasteiger partial charge is 0.488 e. The third-order valence-electron chi connectivity index (χ3n) is 5.23. The van der Waals surface area contributed by atoms with Gasteiger partial charge in [0.1, 0.15) is 12.4 Å². The lowest BCUT2D eigenvalue weighted by molar-refractivity contribution is 0.306. The zero-order valence-corrected chi connectivity index (χ0v) is 18.2. The highest BCUT2D eigenvalue weighted by molar-refractivity contribution is 6.31. The van der Waals surface area contributed by atoms with Crippen LogP contribution in [0.1, 0.15) is 29.3 Å². The Morgan fingerprint density at radius 1 is 0.933 bits per heavy atom. The van der Waals surface area contributed by atoms with E-state index in [2.05, 4.69) is 36.3 Å². The maximum Gasteiger partial charge on any atom is 0.178 e. The second-order valence-electron chi connectivity index (χ2n) is 7.40. The maximum atomic E-state index is 6.49. The van der Waals surface area contributed by atoms with Crippen molar-refractivity contribution in [1.82, 2.24) is 5.16 Å². The van der Waals surface area contributed by atoms with Crippen LogP contribution < -0.4 is 4.74 Å². The van der Waals surface area contributed by atoms with Crippen LogP contribution in [-0.4, -0.2) is 5.16 Å². The van der Waals surface area contributed by atoms with Crippen LogP contribution in [0.15, 0.2) is 71.3 Å². The quantitative estimate of drug-likeness (QED) is 0.327. The number of hydrogen-bond donors (Lipinski definition) is 0. The molecule has 0 spiro atoms. The molecule has 0 N–H and O–H groups in total. The lowest BCUT2D eigenvalue weighted by atomic mass is 9.97. The molecule has 0 aliphatic rings. The molecular weight excluding hydrogens is 394 g/mol. The van der Waals surface area contributed by atoms with E-state index >= 15 is 0 Å². The van der Waals surface area contributed by atoms with Crippen molar-refractivity contribution in [2.45, 2.75) is 33.8 Å². The second kappa shape index (κ2) is 8.76. The van der Waals surface area contributed by atoms with Gasteiger partial charge in [0, 0.05) is 5.02 Å². The summed E-state index contributed by atoms with van der Waals surface area (Å²) in [6, 6.07) is 22.4. The van der Waals surface area contributed by atoms with E-state index in [9.17, 15) is 0 Å². The molecule has 0 aliphatic heterocycles. The SMILES string of the molecule is CCc1cccc(-c2c(C)noc2-c2cc(Cl)c(C)cc2OCc2ccccc2)c1. The van der Waals surface area contributed by atoms with Gasteiger partial charge in [-0.25, -0.2) is 0 Å². The average molecular weight is 418 g/mol. The van der Waals surface area contributed by atoms with Crippen LogP contribution in [-0.2, 0) is 13.0 Å². The van der Waals surface area contributed by atoms with E-state index in [1.807, 2.05) is 56.3 Å². The topological polar surface area (TPSA) is 35.3 Å². The number of ether oxygens (including phenoxy) is 1. The zero-order valence-electron chi connectivity index (χ0n) is 17.4. The molecule has 152 valence electrons. The van der Waals surface area contributed by atoms with Gasteiger partial charge >= 0.3 is 0 Å². The van der Waals surface area contributed by atoms with Crippen LogP contribution in [0.5, 0.6) is 5.75 Å². The molecule has 1 aromatic heterocycles. The Morgan fingerprint density at radius 3 is 2.47 bits per heavy atom. The van der Waals surface area contributed by atoms with Crippen LogP contribution in [0.4, 0.5) is 0 Å². The molecule has 1 heterocycles. The van der Waals surface area contributed by atoms with Gasteiger partial charge in [0.15, 0.2) is 5.76 Å². The first-order valence-corrected chi connectivity index (χ1v) is 10.5. The number of benzene rings is 3. The van der Waals surface area contributed by atoms with Crippen molar-refractivity contribution in [3.63, 3.8) is 0 Å². The molecule has 0 saturated carbocycles. The maximum absolute atomic E-state index is 6.49. The molecule has 0 fully saturated rings. The first kappa shape index (κ1) is 20.2. The molecule has 0 atom stereocenters. The fraction of sp³-hybridized carbons (Fsp3) is 0.192. The van der Waals surface area contributed by atoms with E-state index in [-0.39, 0.29) is 0 Å². The summed E-state index contributed by atoms with van der Waals surface area (Å²) in [7, 11) is 0. The van der Waals surface area contributed by atoms with E-state index in [1.54, 1.807) is 0 Å². The van der Waals surface area contributed by atoms with E-state index in [1.165, 1.54) is 5.56 Å². The van der Waals surface area contributed by atoms with Crippen molar-refractivity contribution in [3.05, 3.63) is 94.1 Å². The van der Waals surface area contributed by atoms with Crippen LogP contribution in [0.25, 0.3) is 22.5 Å². The fourth-order valence-electron chi connectivity index (χ4n) is 3.53. The summed E-state index contributed by atoms with van der Waals surface area (Å²) in [6.07, 6.45) is 0.968. The normalized spacial score (nSPS) is 10.9. The third kappa shape index (κ3) is 4.12. The van der Waals surface area contributed by atoms with Gasteiger partial charge in [-0.3, -0.25) is 0 Å². The van der Waals surface area contributed by atoms with Crippen LogP contribution in [0.2, 0.25) is 5.02 Å². The van der Waals surface area contributed by atoms with Crippen LogP contribution >= 0.6 is 11.6 Å². The van der Waals surface area contributed by atoms with E-state index in [0.717, 1.165) is 45.7 Å². The van der Waals surface area contributed by atoms with E-state index in [0.29, 0.717) is 17.4 Å². The molecule has 0 amide bonds. The standard InChI is InChI=1S/C26H24ClNO2/c1-4-19-11-8-12-21(14-19)25-18(3)28-30-26(25)22-15-23(27)17(2)13-24(22)29-16-20-9-6-5-7-10-20/h5-15H,4,16H2,1-3H3. The van der Waals surface area contributed by atoms with Crippen molar-refractivity contribution in [1.29, 1.82) is 0 Å². The van der Waals surface area contributed by atoms with Crippen molar-refractivity contribution >= 4 is 11.6 Å². The number of aromatic nitrogens is 1. The molecule has 0 saturated heterocycles. The molecule has 3 nitrogen and oxygen atoms in total. The summed E-state index contributed by atoms with van der Waals surface area (Å²) in [4.78, 5) is 0. The van der Waals surface area contributed by atoms with Gasteiger partial charge in [0.05, 0.1) is 16.8 Å². The highest BCUT2D eigenvalue weighted by atomic mass is 35.5. The minimum atomic E-state index is 0.461. The van der Waals surface area contributed by atoms with Gasteiger partial charge in [-0.15, -0.1) is 0 Å². The Morgan fingerprint density at radius 2 is 1.70 bits per heavy atom. The van der Waals surface area contributed by atoms with Crippen molar-refractivity contribution in [2.24, 2.45) is 0 Å². The number of hydrogen-bond acceptors (Lipinski definition) is 3. The Balaban J connectivity index is 1.80. The minimum absolute atomic E-state index is 0.461. The first-order chi connectivity index (χ1) is 14.6. The molecule has 4 rings (SSSR count). The number of rotatable bonds is 6. The van der Waals surface area contributed by atoms with Gasteiger partial charge in [-0.2, -0.15) is 0 Å². The molecular formula is C26H24ClNO2. The molecule has 3 aromatic carbocycles. The third-order valence-corrected chi connectivity index (χ3v) is 5.64. The van der Waals surface area contributed by atoms with E-state index in [4.69, 9.17) is 20.9 Å². The predicted molar refractivity (Wildman–Crippen MR) is 122 cm³/mol. The molecule has 30 heavy (non-hydrogen) atoms. The summed E-state index contributed by atoms with van der Waals surface area (Å²) < 4.78 is 12.0. The first-order valence-electron chi connectivity index (χ1n) is 10.1. The molecule has 4 aromatic rings. The Kier molecular flexibility index (Phi) is 5.91. The van der Waals surface area contributed by atoms with Gasteiger partial charge in [-0.1, -0.05) is 78.3 Å². The lowest BCUT2D eigenvalue weighted by Crippen LogP contribution is -1.98. The second-order valence-corrected chi connectivity index (χ2v) is 7.81. The number of nitrogens with zero attached hydrogens (tertiary/aromatic N) is 1. The summed E-state index contributed by atoms with van der Waals surface area (Å²) in [5.74, 6) is 1.40. The lowest BCUT2D eigenvalue weighted by Gasteiger charge is -2.14. The van der Waals surface area contributed by atoms with Gasteiger partial charge in [0.25, 0.3) is 0 Å². The predicted octanol–water partition coefficient (Wildman–Crippen LogP) is 7.42. The van der Waals surface area contributed by atoms with Crippen molar-refractivity contribution < 1.29 is 9.26 Å². The minimum Gasteiger partial charge on any atom is -0.488 e. The highest BCUT2D eigenvalue weighted by Crippen LogP contribution is 2.42. The Hall–Kier alpha value is -3.04. The van der Waals surface area contributed by atoms with Gasteiger partial charge in [0.2, 0.25) is 0 Å².